The number of carbonyl (C=O) groups excluding carboxylic acids is 1. The largest absolute Gasteiger partial charge is 0.468 e. The van der Waals surface area contributed by atoms with Gasteiger partial charge in [0, 0.05) is 17.6 Å². The molecule has 2 aromatic rings. The molecule has 1 atom stereocenters. The molecular weight excluding hydrogens is 418 g/mol. The van der Waals surface area contributed by atoms with Gasteiger partial charge in [0.1, 0.15) is 11.5 Å². The Labute approximate surface area is 153 Å². The molecule has 0 radical (unpaired) electrons. The highest BCUT2D eigenvalue weighted by atomic mass is 79.9. The third-order valence-corrected chi connectivity index (χ3v) is 6.93. The van der Waals surface area contributed by atoms with E-state index in [1.54, 1.807) is 30.3 Å². The van der Waals surface area contributed by atoms with Crippen molar-refractivity contribution in [3.05, 3.63) is 57.4 Å². The summed E-state index contributed by atoms with van der Waals surface area (Å²) >= 11 is 9.41. The quantitative estimate of drug-likeness (QED) is 0.741. The van der Waals surface area contributed by atoms with E-state index in [1.165, 1.54) is 11.2 Å². The number of hydrogen-bond acceptors (Lipinski definition) is 4. The van der Waals surface area contributed by atoms with Crippen LogP contribution in [-0.4, -0.2) is 37.6 Å². The first-order valence-electron chi connectivity index (χ1n) is 7.35. The van der Waals surface area contributed by atoms with Crippen LogP contribution in [0.15, 0.2) is 45.5 Å². The first-order chi connectivity index (χ1) is 11.4. The Morgan fingerprint density at radius 2 is 2.17 bits per heavy atom. The van der Waals surface area contributed by atoms with E-state index >= 15 is 0 Å². The summed E-state index contributed by atoms with van der Waals surface area (Å²) in [5.41, 5.74) is 0.370. The van der Waals surface area contributed by atoms with Crippen molar-refractivity contribution in [1.29, 1.82) is 0 Å². The van der Waals surface area contributed by atoms with Crippen molar-refractivity contribution >= 4 is 43.3 Å². The first kappa shape index (κ1) is 17.5. The second-order valence-electron chi connectivity index (χ2n) is 5.67. The van der Waals surface area contributed by atoms with Crippen molar-refractivity contribution in [2.24, 2.45) is 0 Å². The monoisotopic (exact) mass is 431 g/mol. The minimum atomic E-state index is -3.38. The summed E-state index contributed by atoms with van der Waals surface area (Å²) in [7, 11) is -3.38. The Balaban J connectivity index is 1.73. The van der Waals surface area contributed by atoms with Gasteiger partial charge in [0.2, 0.25) is 0 Å². The molecule has 0 aliphatic carbocycles. The molecule has 0 saturated carbocycles. The van der Waals surface area contributed by atoms with Crippen molar-refractivity contribution in [2.45, 2.75) is 17.4 Å². The number of hydrogen-bond donors (Lipinski definition) is 0. The van der Waals surface area contributed by atoms with Gasteiger partial charge in [-0.25, -0.2) is 8.42 Å². The SMILES string of the molecule is O=C(c1cc(Br)ccc1Cl)N1CC[C@H](S(=O)(=O)Cc2ccco2)C1. The fourth-order valence-electron chi connectivity index (χ4n) is 2.75. The van der Waals surface area contributed by atoms with Crippen molar-refractivity contribution in [3.8, 4) is 0 Å². The lowest BCUT2D eigenvalue weighted by Gasteiger charge is -2.17. The molecule has 3 rings (SSSR count). The normalized spacial score (nSPS) is 18.1. The smallest absolute Gasteiger partial charge is 0.255 e. The number of furan rings is 1. The fraction of sp³-hybridized carbons (Fsp3) is 0.312. The second kappa shape index (κ2) is 6.90. The Hall–Kier alpha value is -1.31. The molecule has 1 saturated heterocycles. The zero-order valence-corrected chi connectivity index (χ0v) is 15.8. The number of nitrogens with zero attached hydrogens (tertiary/aromatic N) is 1. The van der Waals surface area contributed by atoms with Crippen molar-refractivity contribution in [1.82, 2.24) is 4.90 Å². The zero-order chi connectivity index (χ0) is 17.3. The molecule has 24 heavy (non-hydrogen) atoms. The molecule has 8 heteroatoms. The van der Waals surface area contributed by atoms with Crippen molar-refractivity contribution in [3.63, 3.8) is 0 Å². The van der Waals surface area contributed by atoms with Crippen molar-refractivity contribution in [2.75, 3.05) is 13.1 Å². The average molecular weight is 433 g/mol. The van der Waals surface area contributed by atoms with Gasteiger partial charge in [0.25, 0.3) is 5.91 Å². The average Bonchev–Trinajstić information content (AvgIpc) is 3.20. The molecule has 1 aromatic carbocycles. The lowest BCUT2D eigenvalue weighted by Crippen LogP contribution is -2.32. The number of sulfone groups is 1. The van der Waals surface area contributed by atoms with E-state index in [0.717, 1.165) is 4.47 Å². The standard InChI is InChI=1S/C16H15BrClNO4S/c17-11-3-4-15(18)14(8-11)16(20)19-6-5-13(9-19)24(21,22)10-12-2-1-7-23-12/h1-4,7-8,13H,5-6,9-10H2/t13-/m0/s1. The van der Waals surface area contributed by atoms with Crippen LogP contribution >= 0.6 is 27.5 Å². The Bertz CT molecular complexity index is 851. The number of rotatable bonds is 4. The number of benzene rings is 1. The number of likely N-dealkylation sites (tertiary alicyclic amines) is 1. The fourth-order valence-corrected chi connectivity index (χ4v) is 4.98. The van der Waals surface area contributed by atoms with Gasteiger partial charge in [-0.3, -0.25) is 4.79 Å². The molecule has 1 amide bonds. The summed E-state index contributed by atoms with van der Waals surface area (Å²) in [5, 5.41) is -0.234. The third-order valence-electron chi connectivity index (χ3n) is 4.02. The van der Waals surface area contributed by atoms with Crippen LogP contribution in [0.5, 0.6) is 0 Å². The molecule has 0 unspecified atom stereocenters. The first-order valence-corrected chi connectivity index (χ1v) is 10.2. The van der Waals surface area contributed by atoms with E-state index < -0.39 is 15.1 Å². The molecule has 1 fully saturated rings. The highest BCUT2D eigenvalue weighted by Gasteiger charge is 2.36. The maximum atomic E-state index is 12.6. The maximum absolute atomic E-state index is 12.6. The van der Waals surface area contributed by atoms with Crippen LogP contribution in [0.2, 0.25) is 5.02 Å². The van der Waals surface area contributed by atoms with E-state index in [4.69, 9.17) is 16.0 Å². The van der Waals surface area contributed by atoms with E-state index in [-0.39, 0.29) is 18.2 Å². The van der Waals surface area contributed by atoms with Gasteiger partial charge in [-0.2, -0.15) is 0 Å². The van der Waals surface area contributed by atoms with Gasteiger partial charge in [-0.05, 0) is 36.8 Å². The summed E-state index contributed by atoms with van der Waals surface area (Å²) in [6, 6.07) is 8.33. The molecule has 5 nitrogen and oxygen atoms in total. The summed E-state index contributed by atoms with van der Waals surface area (Å²) in [6.07, 6.45) is 1.87. The van der Waals surface area contributed by atoms with E-state index in [2.05, 4.69) is 15.9 Å². The van der Waals surface area contributed by atoms with Crippen LogP contribution in [0.3, 0.4) is 0 Å². The van der Waals surface area contributed by atoms with Gasteiger partial charge >= 0.3 is 0 Å². The Morgan fingerprint density at radius 3 is 2.88 bits per heavy atom. The van der Waals surface area contributed by atoms with Gasteiger partial charge < -0.3 is 9.32 Å². The van der Waals surface area contributed by atoms with E-state index in [9.17, 15) is 13.2 Å². The third kappa shape index (κ3) is 3.68. The summed E-state index contributed by atoms with van der Waals surface area (Å²) in [4.78, 5) is 14.2. The minimum absolute atomic E-state index is 0.148. The highest BCUT2D eigenvalue weighted by Crippen LogP contribution is 2.26. The van der Waals surface area contributed by atoms with Crippen molar-refractivity contribution < 1.29 is 17.6 Å². The molecule has 1 aliphatic heterocycles. The molecular formula is C16H15BrClNO4S. The molecule has 128 valence electrons. The predicted octanol–water partition coefficient (Wildman–Crippen LogP) is 3.53. The predicted molar refractivity (Wildman–Crippen MR) is 94.8 cm³/mol. The topological polar surface area (TPSA) is 67.6 Å². The summed E-state index contributed by atoms with van der Waals surface area (Å²) < 4.78 is 30.9. The van der Waals surface area contributed by atoms with Crippen LogP contribution in [0.4, 0.5) is 0 Å². The van der Waals surface area contributed by atoms with Gasteiger partial charge in [-0.15, -0.1) is 0 Å². The zero-order valence-electron chi connectivity index (χ0n) is 12.6. The molecule has 0 bridgehead atoms. The Morgan fingerprint density at radius 1 is 1.38 bits per heavy atom. The number of halogens is 2. The maximum Gasteiger partial charge on any atom is 0.255 e. The summed E-state index contributed by atoms with van der Waals surface area (Å²) in [5.74, 6) is 0.0106. The van der Waals surface area contributed by atoms with Gasteiger partial charge in [-0.1, -0.05) is 27.5 Å². The van der Waals surface area contributed by atoms with Crippen LogP contribution in [0.25, 0.3) is 0 Å². The van der Waals surface area contributed by atoms with E-state index in [1.807, 2.05) is 0 Å². The lowest BCUT2D eigenvalue weighted by atomic mass is 10.2. The molecule has 2 heterocycles. The molecule has 0 N–H and O–H groups in total. The molecule has 1 aromatic heterocycles. The number of amides is 1. The van der Waals surface area contributed by atoms with Crippen LogP contribution < -0.4 is 0 Å². The molecule has 0 spiro atoms. The lowest BCUT2D eigenvalue weighted by molar-refractivity contribution is 0.0793. The van der Waals surface area contributed by atoms with Gasteiger partial charge in [0.05, 0.1) is 22.1 Å². The second-order valence-corrected chi connectivity index (χ2v) is 9.28. The van der Waals surface area contributed by atoms with Crippen LogP contribution in [-0.2, 0) is 15.6 Å². The van der Waals surface area contributed by atoms with Crippen LogP contribution in [0, 0.1) is 0 Å². The van der Waals surface area contributed by atoms with Crippen LogP contribution in [0.1, 0.15) is 22.5 Å². The highest BCUT2D eigenvalue weighted by molar-refractivity contribution is 9.10. The number of carbonyl (C=O) groups is 1. The minimum Gasteiger partial charge on any atom is -0.468 e. The summed E-state index contributed by atoms with van der Waals surface area (Å²) in [6.45, 7) is 0.564. The van der Waals surface area contributed by atoms with Gasteiger partial charge in [0.15, 0.2) is 9.84 Å². The Kier molecular flexibility index (Phi) is 5.03. The molecule has 1 aliphatic rings. The van der Waals surface area contributed by atoms with E-state index in [0.29, 0.717) is 29.3 Å².